The van der Waals surface area contributed by atoms with Crippen molar-refractivity contribution in [2.45, 2.75) is 31.1 Å². The first-order valence-corrected chi connectivity index (χ1v) is 9.24. The predicted molar refractivity (Wildman–Crippen MR) is 103 cm³/mol. The summed E-state index contributed by atoms with van der Waals surface area (Å²) in [7, 11) is 1.67. The van der Waals surface area contributed by atoms with Gasteiger partial charge in [-0.05, 0) is 42.2 Å². The lowest BCUT2D eigenvalue weighted by molar-refractivity contribution is -0.137. The number of rotatable bonds is 2. The molecule has 2 aromatic carbocycles. The van der Waals surface area contributed by atoms with Crippen molar-refractivity contribution < 1.29 is 18.0 Å². The van der Waals surface area contributed by atoms with Crippen molar-refractivity contribution in [3.05, 3.63) is 71.3 Å². The van der Waals surface area contributed by atoms with Gasteiger partial charge in [-0.2, -0.15) is 18.4 Å². The average Bonchev–Trinajstić information content (AvgIpc) is 2.97. The van der Waals surface area contributed by atoms with Crippen molar-refractivity contribution in [1.82, 2.24) is 4.90 Å². The number of benzene rings is 2. The van der Waals surface area contributed by atoms with E-state index in [0.29, 0.717) is 6.42 Å². The largest absolute Gasteiger partial charge is 0.417 e. The van der Waals surface area contributed by atoms with E-state index in [1.165, 1.54) is 11.0 Å². The molecule has 2 atom stereocenters. The zero-order chi connectivity index (χ0) is 20.8. The standard InChI is InChI=1S/C22H18F3N3O/c1-27-20-11-15(14-5-3-2-4-6-14)8-10-19(20)28(21(27)29)17-9-7-16(13-26)18(12-17)22(23,24)25/h2-7,9,11-12,19-20H,8,10H2,1H3/t19-,20-/m1/s1. The van der Waals surface area contributed by atoms with Crippen LogP contribution in [0.5, 0.6) is 0 Å². The molecular weight excluding hydrogens is 379 g/mol. The fourth-order valence-electron chi connectivity index (χ4n) is 4.17. The molecule has 0 radical (unpaired) electrons. The summed E-state index contributed by atoms with van der Waals surface area (Å²) in [6.07, 6.45) is -1.26. The van der Waals surface area contributed by atoms with Crippen LogP contribution in [0.15, 0.2) is 54.6 Å². The monoisotopic (exact) mass is 397 g/mol. The van der Waals surface area contributed by atoms with Crippen LogP contribution >= 0.6 is 0 Å². The van der Waals surface area contributed by atoms with Gasteiger partial charge in [-0.3, -0.25) is 4.90 Å². The van der Waals surface area contributed by atoms with Gasteiger partial charge in [-0.25, -0.2) is 4.79 Å². The van der Waals surface area contributed by atoms with Crippen molar-refractivity contribution in [3.8, 4) is 6.07 Å². The number of halogens is 3. The molecule has 1 aliphatic heterocycles. The summed E-state index contributed by atoms with van der Waals surface area (Å²) < 4.78 is 40.1. The van der Waals surface area contributed by atoms with Crippen LogP contribution in [-0.2, 0) is 6.18 Å². The summed E-state index contributed by atoms with van der Waals surface area (Å²) >= 11 is 0. The Labute approximate surface area is 166 Å². The van der Waals surface area contributed by atoms with E-state index < -0.39 is 17.3 Å². The van der Waals surface area contributed by atoms with Crippen LogP contribution < -0.4 is 4.90 Å². The normalized spacial score (nSPS) is 21.6. The SMILES string of the molecule is CN1C(=O)N(c2ccc(C#N)c(C(F)(F)F)c2)[C@@H]2CCC(c3ccccc3)=C[C@H]21. The fourth-order valence-corrected chi connectivity index (χ4v) is 4.17. The third kappa shape index (κ3) is 3.25. The topological polar surface area (TPSA) is 47.3 Å². The number of carbonyl (C=O) groups excluding carboxylic acids is 1. The molecule has 1 fully saturated rings. The number of nitriles is 1. The summed E-state index contributed by atoms with van der Waals surface area (Å²) in [4.78, 5) is 15.9. The van der Waals surface area contributed by atoms with Gasteiger partial charge in [0.15, 0.2) is 0 Å². The lowest BCUT2D eigenvalue weighted by Gasteiger charge is -2.30. The second-order valence-corrected chi connectivity index (χ2v) is 7.26. The molecule has 0 N–H and O–H groups in total. The van der Waals surface area contributed by atoms with Crippen LogP contribution in [0.2, 0.25) is 0 Å². The molecule has 148 valence electrons. The van der Waals surface area contributed by atoms with Gasteiger partial charge in [0.2, 0.25) is 0 Å². The van der Waals surface area contributed by atoms with Crippen LogP contribution in [0.3, 0.4) is 0 Å². The molecule has 0 spiro atoms. The molecule has 7 heteroatoms. The Bertz CT molecular complexity index is 1020. The van der Waals surface area contributed by atoms with E-state index in [9.17, 15) is 18.0 Å². The number of fused-ring (bicyclic) bond motifs is 1. The van der Waals surface area contributed by atoms with Crippen LogP contribution in [0.4, 0.5) is 23.7 Å². The highest BCUT2D eigenvalue weighted by atomic mass is 19.4. The van der Waals surface area contributed by atoms with E-state index in [1.807, 2.05) is 36.4 Å². The Morgan fingerprint density at radius 2 is 1.86 bits per heavy atom. The Kier molecular flexibility index (Phi) is 4.58. The first-order valence-electron chi connectivity index (χ1n) is 9.24. The van der Waals surface area contributed by atoms with Gasteiger partial charge >= 0.3 is 12.2 Å². The number of anilines is 1. The maximum Gasteiger partial charge on any atom is 0.417 e. The van der Waals surface area contributed by atoms with Gasteiger partial charge in [-0.1, -0.05) is 36.4 Å². The average molecular weight is 397 g/mol. The number of likely N-dealkylation sites (N-methyl/N-ethyl adjacent to an activating group) is 1. The highest BCUT2D eigenvalue weighted by Crippen LogP contribution is 2.40. The molecule has 2 amide bonds. The second-order valence-electron chi connectivity index (χ2n) is 7.26. The molecule has 2 aromatic rings. The number of nitrogens with zero attached hydrogens (tertiary/aromatic N) is 3. The van der Waals surface area contributed by atoms with Crippen LogP contribution in [0.25, 0.3) is 5.57 Å². The third-order valence-electron chi connectivity index (χ3n) is 5.61. The molecule has 0 saturated carbocycles. The summed E-state index contributed by atoms with van der Waals surface area (Å²) in [6.45, 7) is 0. The van der Waals surface area contributed by atoms with Crippen LogP contribution in [-0.4, -0.2) is 30.1 Å². The summed E-state index contributed by atoms with van der Waals surface area (Å²) in [5.74, 6) is 0. The lowest BCUT2D eigenvalue weighted by Crippen LogP contribution is -2.38. The number of amides is 2. The van der Waals surface area contributed by atoms with E-state index in [4.69, 9.17) is 5.26 Å². The maximum atomic E-state index is 13.4. The molecule has 0 aromatic heterocycles. The zero-order valence-electron chi connectivity index (χ0n) is 15.6. The molecule has 2 aliphatic rings. The second kappa shape index (κ2) is 6.96. The lowest BCUT2D eigenvalue weighted by atomic mass is 9.87. The van der Waals surface area contributed by atoms with Crippen molar-refractivity contribution in [1.29, 1.82) is 5.26 Å². The first-order chi connectivity index (χ1) is 13.8. The van der Waals surface area contributed by atoms with Crippen molar-refractivity contribution in [3.63, 3.8) is 0 Å². The van der Waals surface area contributed by atoms with Gasteiger partial charge in [-0.15, -0.1) is 0 Å². The van der Waals surface area contributed by atoms with Crippen LogP contribution in [0.1, 0.15) is 29.5 Å². The Morgan fingerprint density at radius 1 is 1.14 bits per heavy atom. The van der Waals surface area contributed by atoms with Gasteiger partial charge in [0.25, 0.3) is 0 Å². The highest BCUT2D eigenvalue weighted by molar-refractivity contribution is 5.96. The number of carbonyl (C=O) groups is 1. The molecular formula is C22H18F3N3O. The summed E-state index contributed by atoms with van der Waals surface area (Å²) in [6, 6.07) is 14.1. The van der Waals surface area contributed by atoms with E-state index >= 15 is 0 Å². The maximum absolute atomic E-state index is 13.4. The third-order valence-corrected chi connectivity index (χ3v) is 5.61. The molecule has 4 nitrogen and oxygen atoms in total. The molecule has 4 rings (SSSR count). The molecule has 1 saturated heterocycles. The molecule has 0 unspecified atom stereocenters. The van der Waals surface area contributed by atoms with Crippen LogP contribution in [0, 0.1) is 11.3 Å². The fraction of sp³-hybridized carbons (Fsp3) is 0.273. The zero-order valence-corrected chi connectivity index (χ0v) is 15.6. The van der Waals surface area contributed by atoms with Gasteiger partial charge in [0, 0.05) is 12.7 Å². The van der Waals surface area contributed by atoms with Crippen molar-refractivity contribution in [2.24, 2.45) is 0 Å². The summed E-state index contributed by atoms with van der Waals surface area (Å²) in [5, 5.41) is 9.01. The van der Waals surface area contributed by atoms with Gasteiger partial charge in [0.1, 0.15) is 0 Å². The van der Waals surface area contributed by atoms with E-state index in [1.54, 1.807) is 18.0 Å². The quantitative estimate of drug-likeness (QED) is 0.711. The van der Waals surface area contributed by atoms with E-state index in [0.717, 1.165) is 29.7 Å². The minimum atomic E-state index is -4.66. The minimum Gasteiger partial charge on any atom is -0.319 e. The molecule has 0 bridgehead atoms. The number of urea groups is 1. The highest BCUT2D eigenvalue weighted by Gasteiger charge is 2.46. The Hall–Kier alpha value is -3.27. The van der Waals surface area contributed by atoms with E-state index in [2.05, 4.69) is 0 Å². The Balaban J connectivity index is 1.72. The first kappa shape index (κ1) is 19.1. The molecule has 29 heavy (non-hydrogen) atoms. The summed E-state index contributed by atoms with van der Waals surface area (Å²) in [5.41, 5.74) is 0.907. The molecule has 1 heterocycles. The Morgan fingerprint density at radius 3 is 2.52 bits per heavy atom. The minimum absolute atomic E-state index is 0.164. The number of alkyl halides is 3. The number of hydrogen-bond donors (Lipinski definition) is 0. The van der Waals surface area contributed by atoms with E-state index in [-0.39, 0.29) is 23.8 Å². The van der Waals surface area contributed by atoms with Gasteiger partial charge < -0.3 is 4.90 Å². The number of hydrogen-bond acceptors (Lipinski definition) is 2. The van der Waals surface area contributed by atoms with Crippen molar-refractivity contribution in [2.75, 3.05) is 11.9 Å². The smallest absolute Gasteiger partial charge is 0.319 e. The van der Waals surface area contributed by atoms with Gasteiger partial charge in [0.05, 0.1) is 29.3 Å². The molecule has 1 aliphatic carbocycles. The van der Waals surface area contributed by atoms with Crippen molar-refractivity contribution >= 4 is 17.3 Å². The number of allylic oxidation sites excluding steroid dienone is 1. The predicted octanol–water partition coefficient (Wildman–Crippen LogP) is 5.06.